The summed E-state index contributed by atoms with van der Waals surface area (Å²) in [6.45, 7) is 3.49. The number of halogens is 1. The molecule has 0 bridgehead atoms. The second-order valence-corrected chi connectivity index (χ2v) is 7.91. The maximum Gasteiger partial charge on any atom is 0.164 e. The first kappa shape index (κ1) is 18.3. The Morgan fingerprint density at radius 2 is 2.07 bits per heavy atom. The second-order valence-electron chi connectivity index (χ2n) is 6.75. The van der Waals surface area contributed by atoms with E-state index < -0.39 is 0 Å². The Labute approximate surface area is 167 Å². The predicted octanol–water partition coefficient (Wildman–Crippen LogP) is 3.79. The average molecular weight is 402 g/mol. The van der Waals surface area contributed by atoms with E-state index in [0.29, 0.717) is 0 Å². The minimum absolute atomic E-state index is 0.276. The molecule has 6 nitrogen and oxygen atoms in total. The van der Waals surface area contributed by atoms with E-state index >= 15 is 0 Å². The van der Waals surface area contributed by atoms with Crippen molar-refractivity contribution in [3.8, 4) is 10.7 Å². The quantitative estimate of drug-likeness (QED) is 0.648. The predicted molar refractivity (Wildman–Crippen MR) is 107 cm³/mol. The Morgan fingerprint density at radius 1 is 1.22 bits per heavy atom. The Morgan fingerprint density at radius 3 is 2.74 bits per heavy atom. The van der Waals surface area contributed by atoms with Crippen LogP contribution >= 0.6 is 23.1 Å². The molecule has 4 rings (SSSR count). The highest BCUT2D eigenvalue weighted by Crippen LogP contribution is 2.33. The zero-order valence-electron chi connectivity index (χ0n) is 15.2. The minimum Gasteiger partial charge on any atom is -0.376 e. The minimum atomic E-state index is -0.276. The molecule has 1 fully saturated rings. The topological polar surface area (TPSA) is 64.0 Å². The van der Waals surface area contributed by atoms with Gasteiger partial charge in [0.25, 0.3) is 0 Å². The number of benzene rings is 1. The van der Waals surface area contributed by atoms with Gasteiger partial charge in [-0.05, 0) is 48.6 Å². The molecule has 0 N–H and O–H groups in total. The summed E-state index contributed by atoms with van der Waals surface area (Å²) in [5.41, 5.74) is 1.58. The second kappa shape index (κ2) is 7.50. The van der Waals surface area contributed by atoms with E-state index in [-0.39, 0.29) is 5.60 Å². The van der Waals surface area contributed by atoms with Crippen LogP contribution in [0.4, 0.5) is 5.82 Å². The van der Waals surface area contributed by atoms with Crippen molar-refractivity contribution in [2.75, 3.05) is 25.1 Å². The Balaban J connectivity index is 1.50. The van der Waals surface area contributed by atoms with Gasteiger partial charge in [0.2, 0.25) is 0 Å². The zero-order valence-corrected chi connectivity index (χ0v) is 16.8. The molecule has 1 aromatic carbocycles. The van der Waals surface area contributed by atoms with Gasteiger partial charge < -0.3 is 9.64 Å². The van der Waals surface area contributed by atoms with Crippen molar-refractivity contribution < 1.29 is 4.74 Å². The van der Waals surface area contributed by atoms with Gasteiger partial charge in [-0.1, -0.05) is 29.8 Å². The first-order chi connectivity index (χ1) is 13.1. The van der Waals surface area contributed by atoms with Crippen LogP contribution in [0.25, 0.3) is 10.7 Å². The van der Waals surface area contributed by atoms with E-state index in [2.05, 4.69) is 30.5 Å². The number of aryl methyl sites for hydroxylation is 1. The zero-order chi connectivity index (χ0) is 18.9. The molecule has 27 heavy (non-hydrogen) atoms. The van der Waals surface area contributed by atoms with Crippen LogP contribution in [0.15, 0.2) is 36.4 Å². The number of ether oxygens (including phenoxy) is 1. The molecule has 1 atom stereocenters. The van der Waals surface area contributed by atoms with Crippen LogP contribution in [0.1, 0.15) is 17.8 Å². The summed E-state index contributed by atoms with van der Waals surface area (Å²) in [6.07, 6.45) is 1.68. The molecule has 0 spiro atoms. The van der Waals surface area contributed by atoms with Gasteiger partial charge in [0.15, 0.2) is 10.8 Å². The molecule has 0 radical (unpaired) electrons. The number of anilines is 1. The number of hydrogen-bond donors (Lipinski definition) is 0. The largest absolute Gasteiger partial charge is 0.376 e. The van der Waals surface area contributed by atoms with Crippen molar-refractivity contribution in [2.24, 2.45) is 0 Å². The van der Waals surface area contributed by atoms with Crippen molar-refractivity contribution in [2.45, 2.75) is 25.4 Å². The third-order valence-electron chi connectivity index (χ3n) is 4.94. The molecule has 0 amide bonds. The highest BCUT2D eigenvalue weighted by atomic mass is 35.5. The van der Waals surface area contributed by atoms with Gasteiger partial charge in [0.1, 0.15) is 11.5 Å². The number of aromatic nitrogens is 4. The normalized spacial score (nSPS) is 19.6. The van der Waals surface area contributed by atoms with Crippen LogP contribution in [0.2, 0.25) is 5.02 Å². The van der Waals surface area contributed by atoms with E-state index in [1.165, 1.54) is 11.5 Å². The fourth-order valence-corrected chi connectivity index (χ4v) is 4.26. The molecule has 1 aliphatic rings. The summed E-state index contributed by atoms with van der Waals surface area (Å²) in [4.78, 5) is 6.57. The van der Waals surface area contributed by atoms with Gasteiger partial charge in [-0.15, -0.1) is 10.2 Å². The maximum atomic E-state index is 6.35. The van der Waals surface area contributed by atoms with Gasteiger partial charge in [-0.2, -0.15) is 4.37 Å². The lowest BCUT2D eigenvalue weighted by Crippen LogP contribution is -2.38. The van der Waals surface area contributed by atoms with Crippen LogP contribution < -0.4 is 4.90 Å². The Hall–Kier alpha value is -2.09. The van der Waals surface area contributed by atoms with Crippen LogP contribution in [0.5, 0.6) is 0 Å². The van der Waals surface area contributed by atoms with Crippen molar-refractivity contribution in [1.29, 1.82) is 0 Å². The molecule has 140 valence electrons. The summed E-state index contributed by atoms with van der Waals surface area (Å²) >= 11 is 7.69. The van der Waals surface area contributed by atoms with E-state index in [1.54, 1.807) is 7.11 Å². The lowest BCUT2D eigenvalue weighted by Gasteiger charge is -2.28. The summed E-state index contributed by atoms with van der Waals surface area (Å²) in [5, 5.41) is 10.3. The van der Waals surface area contributed by atoms with Gasteiger partial charge in [0.05, 0.1) is 5.60 Å². The number of nitrogens with zero attached hydrogens (tertiary/aromatic N) is 5. The van der Waals surface area contributed by atoms with Gasteiger partial charge in [-0.25, -0.2) is 4.98 Å². The fraction of sp³-hybridized carbons (Fsp3) is 0.368. The lowest BCUT2D eigenvalue weighted by molar-refractivity contribution is 0.00924. The van der Waals surface area contributed by atoms with Gasteiger partial charge >= 0.3 is 0 Å². The average Bonchev–Trinajstić information content (AvgIpc) is 3.31. The molecule has 3 heterocycles. The van der Waals surface area contributed by atoms with Gasteiger partial charge in [0, 0.05) is 31.6 Å². The monoisotopic (exact) mass is 401 g/mol. The first-order valence-electron chi connectivity index (χ1n) is 8.76. The molecule has 3 aromatic rings. The number of hydrogen-bond acceptors (Lipinski definition) is 7. The van der Waals surface area contributed by atoms with Crippen LogP contribution in [0, 0.1) is 6.92 Å². The molecule has 0 aliphatic carbocycles. The fourth-order valence-electron chi connectivity index (χ4n) is 3.42. The van der Waals surface area contributed by atoms with Crippen molar-refractivity contribution >= 4 is 29.0 Å². The third kappa shape index (κ3) is 3.81. The summed E-state index contributed by atoms with van der Waals surface area (Å²) < 4.78 is 10.1. The number of rotatable bonds is 5. The van der Waals surface area contributed by atoms with Crippen molar-refractivity contribution in [1.82, 2.24) is 19.6 Å². The molecule has 2 aromatic heterocycles. The van der Waals surface area contributed by atoms with Crippen LogP contribution in [0.3, 0.4) is 0 Å². The molecular weight excluding hydrogens is 382 g/mol. The Bertz CT molecular complexity index is 932. The third-order valence-corrected chi connectivity index (χ3v) is 6.14. The first-order valence-corrected chi connectivity index (χ1v) is 9.92. The molecule has 1 saturated heterocycles. The lowest BCUT2D eigenvalue weighted by atomic mass is 9.93. The SMILES string of the molecule is COC1(Cc2ccccc2Cl)CCN(c2ccc(-c3nc(C)ns3)nn2)C1. The molecule has 1 aliphatic heterocycles. The van der Waals surface area contributed by atoms with Crippen LogP contribution in [-0.4, -0.2) is 45.4 Å². The smallest absolute Gasteiger partial charge is 0.164 e. The standard InChI is InChI=1S/C19H20ClN5OS/c1-13-21-18(27-24-13)16-7-8-17(23-22-16)25-10-9-19(12-25,26-2)11-14-5-3-4-6-15(14)20/h3-8H,9-12H2,1-2H3. The highest BCUT2D eigenvalue weighted by molar-refractivity contribution is 7.09. The highest BCUT2D eigenvalue weighted by Gasteiger charge is 2.39. The summed E-state index contributed by atoms with van der Waals surface area (Å²) in [5.74, 6) is 1.60. The van der Waals surface area contributed by atoms with E-state index in [9.17, 15) is 0 Å². The van der Waals surface area contributed by atoms with E-state index in [0.717, 1.165) is 58.9 Å². The summed E-state index contributed by atoms with van der Waals surface area (Å²) in [7, 11) is 1.77. The Kier molecular flexibility index (Phi) is 5.08. The molecule has 8 heteroatoms. The van der Waals surface area contributed by atoms with Crippen LogP contribution in [-0.2, 0) is 11.2 Å². The van der Waals surface area contributed by atoms with Crippen molar-refractivity contribution in [3.05, 3.63) is 52.8 Å². The molecule has 1 unspecified atom stereocenters. The van der Waals surface area contributed by atoms with E-state index in [1.807, 2.05) is 37.3 Å². The molecule has 0 saturated carbocycles. The summed E-state index contributed by atoms with van der Waals surface area (Å²) in [6, 6.07) is 11.9. The van der Waals surface area contributed by atoms with Crippen molar-refractivity contribution in [3.63, 3.8) is 0 Å². The van der Waals surface area contributed by atoms with E-state index in [4.69, 9.17) is 16.3 Å². The number of methoxy groups -OCH3 is 1. The maximum absolute atomic E-state index is 6.35. The van der Waals surface area contributed by atoms with Gasteiger partial charge in [-0.3, -0.25) is 0 Å². The molecular formula is C19H20ClN5OS.